The predicted octanol–water partition coefficient (Wildman–Crippen LogP) is 14.6. The van der Waals surface area contributed by atoms with E-state index in [2.05, 4.69) is 77.1 Å². The molecule has 9 saturated carbocycles. The Morgan fingerprint density at radius 2 is 1.06 bits per heavy atom. The van der Waals surface area contributed by atoms with E-state index in [9.17, 15) is 0 Å². The van der Waals surface area contributed by atoms with E-state index in [4.69, 9.17) is 0 Å². The molecule has 2 aromatic rings. The zero-order valence-corrected chi connectivity index (χ0v) is 34.7. The summed E-state index contributed by atoms with van der Waals surface area (Å²) in [5.74, 6) is 8.65. The first-order chi connectivity index (χ1) is 26.0. The van der Waals surface area contributed by atoms with Crippen LogP contribution in [0.25, 0.3) is 11.1 Å². The summed E-state index contributed by atoms with van der Waals surface area (Å²) in [5.41, 5.74) is 17.0. The van der Waals surface area contributed by atoms with Crippen LogP contribution >= 0.6 is 0 Å². The van der Waals surface area contributed by atoms with Crippen LogP contribution in [0.3, 0.4) is 0 Å². The Balaban J connectivity index is 1.04. The van der Waals surface area contributed by atoms with Crippen LogP contribution in [-0.2, 0) is 10.8 Å². The monoisotopic (exact) mass is 719 g/mol. The third-order valence-electron chi connectivity index (χ3n) is 19.6. The lowest BCUT2D eigenvalue weighted by Gasteiger charge is -2.57. The fourth-order valence-corrected chi connectivity index (χ4v) is 18.0. The van der Waals surface area contributed by atoms with E-state index in [0.29, 0.717) is 22.7 Å². The SMILES string of the molecule is CC(C)C1(C2c3ccc(C45CC6CC(CC(C6)C4)C5)cc3-c3cc(C45CC6CC(CC(C6)C4)C5)ccc32)CC(C2CCCCC2)C2=C1C=C(C(C)(C)C)C2. The number of allylic oxidation sites excluding steroid dienone is 4. The molecule has 286 valence electrons. The molecule has 0 aliphatic heterocycles. The molecule has 9 fully saturated rings. The van der Waals surface area contributed by atoms with Gasteiger partial charge >= 0.3 is 0 Å². The summed E-state index contributed by atoms with van der Waals surface area (Å²) >= 11 is 0. The normalized spacial score (nSPS) is 43.0. The van der Waals surface area contributed by atoms with Crippen LogP contribution < -0.4 is 0 Å². The van der Waals surface area contributed by atoms with Crippen molar-refractivity contribution in [3.8, 4) is 11.1 Å². The van der Waals surface area contributed by atoms with Crippen LogP contribution in [0.15, 0.2) is 59.2 Å². The number of benzene rings is 2. The minimum atomic E-state index is 0.162. The van der Waals surface area contributed by atoms with E-state index in [1.165, 1.54) is 122 Å². The van der Waals surface area contributed by atoms with Crippen LogP contribution in [0.5, 0.6) is 0 Å². The third-order valence-corrected chi connectivity index (χ3v) is 19.6. The lowest BCUT2D eigenvalue weighted by molar-refractivity contribution is -0.00534. The second-order valence-corrected chi connectivity index (χ2v) is 23.9. The zero-order valence-electron chi connectivity index (χ0n) is 34.7. The molecule has 2 aromatic carbocycles. The lowest BCUT2D eigenvalue weighted by atomic mass is 9.48. The summed E-state index contributed by atoms with van der Waals surface area (Å²) in [6.07, 6.45) is 30.7. The summed E-state index contributed by atoms with van der Waals surface area (Å²) in [6.45, 7) is 12.8. The molecule has 8 bridgehead atoms. The Kier molecular flexibility index (Phi) is 7.26. The van der Waals surface area contributed by atoms with Crippen molar-refractivity contribution in [3.05, 3.63) is 81.4 Å². The molecular formula is C54H70. The van der Waals surface area contributed by atoms with Gasteiger partial charge in [0.25, 0.3) is 0 Å². The van der Waals surface area contributed by atoms with Crippen molar-refractivity contribution in [2.75, 3.05) is 0 Å². The Morgan fingerprint density at radius 1 is 0.593 bits per heavy atom. The fourth-order valence-electron chi connectivity index (χ4n) is 18.0. The molecule has 54 heavy (non-hydrogen) atoms. The molecule has 0 heteroatoms. The molecule has 0 saturated heterocycles. The Labute approximate surface area is 328 Å². The highest BCUT2D eigenvalue weighted by Crippen LogP contribution is 2.70. The molecule has 0 N–H and O–H groups in total. The van der Waals surface area contributed by atoms with Crippen molar-refractivity contribution in [2.24, 2.45) is 64.1 Å². The Bertz CT molecular complexity index is 1780. The summed E-state index contributed by atoms with van der Waals surface area (Å²) in [5, 5.41) is 0. The molecule has 0 radical (unpaired) electrons. The molecule has 0 heterocycles. The van der Waals surface area contributed by atoms with Gasteiger partial charge in [0.15, 0.2) is 0 Å². The number of hydrogen-bond acceptors (Lipinski definition) is 0. The largest absolute Gasteiger partial charge is 0.0619 e. The van der Waals surface area contributed by atoms with Gasteiger partial charge in [-0.25, -0.2) is 0 Å². The Morgan fingerprint density at radius 3 is 1.48 bits per heavy atom. The smallest absolute Gasteiger partial charge is 0.0201 e. The highest BCUT2D eigenvalue weighted by atomic mass is 14.6. The number of fused-ring (bicyclic) bond motifs is 3. The van der Waals surface area contributed by atoms with Crippen molar-refractivity contribution in [3.63, 3.8) is 0 Å². The maximum Gasteiger partial charge on any atom is 0.0201 e. The van der Waals surface area contributed by atoms with E-state index >= 15 is 0 Å². The summed E-state index contributed by atoms with van der Waals surface area (Å²) in [6, 6.07) is 16.7. The van der Waals surface area contributed by atoms with Crippen LogP contribution in [0.4, 0.5) is 0 Å². The van der Waals surface area contributed by atoms with Gasteiger partial charge in [0.05, 0.1) is 0 Å². The van der Waals surface area contributed by atoms with Crippen LogP contribution in [0.1, 0.15) is 185 Å². The number of hydrogen-bond donors (Lipinski definition) is 0. The number of rotatable bonds is 5. The van der Waals surface area contributed by atoms with Crippen LogP contribution in [-0.4, -0.2) is 0 Å². The topological polar surface area (TPSA) is 0 Å². The van der Waals surface area contributed by atoms with Gasteiger partial charge in [0.1, 0.15) is 0 Å². The van der Waals surface area contributed by atoms with Gasteiger partial charge in [-0.15, -0.1) is 0 Å². The molecular weight excluding hydrogens is 649 g/mol. The van der Waals surface area contributed by atoms with Crippen molar-refractivity contribution in [1.29, 1.82) is 0 Å². The average Bonchev–Trinajstić information content (AvgIpc) is 3.81. The van der Waals surface area contributed by atoms with E-state index in [0.717, 1.165) is 47.3 Å². The van der Waals surface area contributed by atoms with Crippen LogP contribution in [0.2, 0.25) is 0 Å². The van der Waals surface area contributed by atoms with E-state index in [-0.39, 0.29) is 10.8 Å². The van der Waals surface area contributed by atoms with Gasteiger partial charge in [-0.1, -0.05) is 108 Å². The van der Waals surface area contributed by atoms with Gasteiger partial charge in [-0.3, -0.25) is 0 Å². The van der Waals surface area contributed by atoms with Crippen molar-refractivity contribution < 1.29 is 0 Å². The summed E-state index contributed by atoms with van der Waals surface area (Å²) < 4.78 is 0. The van der Waals surface area contributed by atoms with Gasteiger partial charge in [-0.05, 0) is 211 Å². The molecule has 2 atom stereocenters. The lowest BCUT2D eigenvalue weighted by Crippen LogP contribution is -2.48. The summed E-state index contributed by atoms with van der Waals surface area (Å²) in [7, 11) is 0. The van der Waals surface area contributed by atoms with Gasteiger partial charge in [0.2, 0.25) is 0 Å². The maximum absolute atomic E-state index is 2.87. The fraction of sp³-hybridized carbons (Fsp3) is 0.704. The summed E-state index contributed by atoms with van der Waals surface area (Å²) in [4.78, 5) is 0. The first-order valence-electron chi connectivity index (χ1n) is 23.7. The molecule has 12 aliphatic carbocycles. The quantitative estimate of drug-likeness (QED) is 0.289. The standard InChI is InChI=1S/C54H70/c1-32(2)54(31-48(39-9-7-6-8-10-39)47-23-42(24-49(47)54)51(3,4)5)50-43-13-11-40(52-25-33-15-34(26-52)17-35(16-33)27-52)21-45(43)46-22-41(12-14-44(46)50)53-28-36-18-37(29-53)20-38(19-36)30-53/h11-14,21-22,24,32-39,48,50H,6-10,15-20,23,25-31H2,1-5H3. The Hall–Kier alpha value is -2.08. The molecule has 2 unspecified atom stereocenters. The average molecular weight is 719 g/mol. The molecule has 14 rings (SSSR count). The molecule has 0 aromatic heterocycles. The minimum absolute atomic E-state index is 0.162. The molecule has 0 spiro atoms. The highest BCUT2D eigenvalue weighted by molar-refractivity contribution is 5.82. The second kappa shape index (κ2) is 11.5. The van der Waals surface area contributed by atoms with Crippen molar-refractivity contribution in [1.82, 2.24) is 0 Å². The highest BCUT2D eigenvalue weighted by Gasteiger charge is 2.59. The molecule has 0 nitrogen and oxygen atoms in total. The van der Waals surface area contributed by atoms with E-state index in [1.54, 1.807) is 39.0 Å². The minimum Gasteiger partial charge on any atom is -0.0619 e. The first-order valence-corrected chi connectivity index (χ1v) is 23.7. The predicted molar refractivity (Wildman–Crippen MR) is 225 cm³/mol. The van der Waals surface area contributed by atoms with Gasteiger partial charge < -0.3 is 0 Å². The molecule has 0 amide bonds. The van der Waals surface area contributed by atoms with E-state index in [1.807, 2.05) is 11.1 Å². The zero-order chi connectivity index (χ0) is 36.4. The molecule has 12 aliphatic rings. The third kappa shape index (κ3) is 4.73. The maximum atomic E-state index is 2.87. The van der Waals surface area contributed by atoms with E-state index < -0.39 is 0 Å². The van der Waals surface area contributed by atoms with Gasteiger partial charge in [-0.2, -0.15) is 0 Å². The second-order valence-electron chi connectivity index (χ2n) is 23.9. The van der Waals surface area contributed by atoms with Crippen molar-refractivity contribution in [2.45, 2.75) is 173 Å². The first kappa shape index (κ1) is 34.0. The van der Waals surface area contributed by atoms with Gasteiger partial charge in [0, 0.05) is 11.3 Å². The van der Waals surface area contributed by atoms with Crippen molar-refractivity contribution >= 4 is 0 Å². The van der Waals surface area contributed by atoms with Crippen LogP contribution in [0, 0.1) is 64.1 Å².